The Morgan fingerprint density at radius 3 is 2.57 bits per heavy atom. The van der Waals surface area contributed by atoms with Crippen molar-refractivity contribution in [2.45, 2.75) is 47.2 Å². The summed E-state index contributed by atoms with van der Waals surface area (Å²) in [5.74, 6) is 0.673. The van der Waals surface area contributed by atoms with Gasteiger partial charge in [-0.05, 0) is 50.4 Å². The smallest absolute Gasteiger partial charge is 0.0641 e. The Bertz CT molecular complexity index is 558. The minimum Gasteiger partial charge on any atom is -0.312 e. The molecular formula is C17H26N4. The Labute approximate surface area is 127 Å². The molecule has 4 nitrogen and oxygen atoms in total. The lowest BCUT2D eigenvalue weighted by molar-refractivity contribution is 0.549. The van der Waals surface area contributed by atoms with Crippen LogP contribution in [0.15, 0.2) is 24.5 Å². The minimum atomic E-state index is 0.673. The van der Waals surface area contributed by atoms with Gasteiger partial charge in [-0.25, -0.2) is 0 Å². The van der Waals surface area contributed by atoms with Gasteiger partial charge in [-0.15, -0.1) is 0 Å². The third-order valence-corrected chi connectivity index (χ3v) is 3.75. The van der Waals surface area contributed by atoms with Crippen LogP contribution in [0.5, 0.6) is 0 Å². The quantitative estimate of drug-likeness (QED) is 0.851. The number of aryl methyl sites for hydroxylation is 3. The molecule has 0 aromatic carbocycles. The van der Waals surface area contributed by atoms with E-state index < -0.39 is 0 Å². The molecule has 0 aliphatic rings. The van der Waals surface area contributed by atoms with E-state index in [4.69, 9.17) is 0 Å². The second-order valence-corrected chi connectivity index (χ2v) is 6.00. The van der Waals surface area contributed by atoms with Gasteiger partial charge >= 0.3 is 0 Å². The average Bonchev–Trinajstić information content (AvgIpc) is 2.73. The van der Waals surface area contributed by atoms with Gasteiger partial charge in [0.05, 0.1) is 5.69 Å². The maximum absolute atomic E-state index is 4.68. The topological polar surface area (TPSA) is 42.7 Å². The number of hydrogen-bond acceptors (Lipinski definition) is 3. The average molecular weight is 286 g/mol. The first kappa shape index (κ1) is 15.7. The largest absolute Gasteiger partial charge is 0.312 e. The number of pyridine rings is 1. The van der Waals surface area contributed by atoms with Gasteiger partial charge in [-0.1, -0.05) is 13.8 Å². The Morgan fingerprint density at radius 2 is 1.90 bits per heavy atom. The molecule has 2 aromatic heterocycles. The first-order valence-electron chi connectivity index (χ1n) is 7.70. The van der Waals surface area contributed by atoms with E-state index in [-0.39, 0.29) is 0 Å². The van der Waals surface area contributed by atoms with Gasteiger partial charge in [0.25, 0.3) is 0 Å². The van der Waals surface area contributed by atoms with Crippen LogP contribution >= 0.6 is 0 Å². The van der Waals surface area contributed by atoms with E-state index in [2.05, 4.69) is 59.9 Å². The fraction of sp³-hybridized carbons (Fsp3) is 0.529. The second-order valence-electron chi connectivity index (χ2n) is 6.00. The lowest BCUT2D eigenvalue weighted by Crippen LogP contribution is -2.19. The first-order chi connectivity index (χ1) is 10.1. The van der Waals surface area contributed by atoms with Crippen LogP contribution in [0.3, 0.4) is 0 Å². The molecule has 4 heteroatoms. The number of nitrogens with zero attached hydrogens (tertiary/aromatic N) is 3. The number of aromatic nitrogens is 3. The molecule has 21 heavy (non-hydrogen) atoms. The van der Waals surface area contributed by atoms with Crippen molar-refractivity contribution in [3.63, 3.8) is 0 Å². The highest BCUT2D eigenvalue weighted by Crippen LogP contribution is 2.14. The minimum absolute atomic E-state index is 0.673. The molecule has 1 N–H and O–H groups in total. The Morgan fingerprint density at radius 1 is 1.19 bits per heavy atom. The summed E-state index contributed by atoms with van der Waals surface area (Å²) in [6.07, 6.45) is 4.68. The molecule has 0 fully saturated rings. The molecule has 0 radical (unpaired) electrons. The molecule has 0 bridgehead atoms. The Kier molecular flexibility index (Phi) is 5.51. The van der Waals surface area contributed by atoms with E-state index in [1.807, 2.05) is 12.4 Å². The Hall–Kier alpha value is -1.68. The van der Waals surface area contributed by atoms with Crippen LogP contribution in [0.4, 0.5) is 0 Å². The zero-order valence-corrected chi connectivity index (χ0v) is 13.6. The third-order valence-electron chi connectivity index (χ3n) is 3.75. The maximum Gasteiger partial charge on any atom is 0.0641 e. The highest BCUT2D eigenvalue weighted by atomic mass is 15.3. The number of nitrogens with one attached hydrogen (secondary N) is 1. The molecule has 0 unspecified atom stereocenters. The van der Waals surface area contributed by atoms with Crippen LogP contribution in [-0.2, 0) is 19.5 Å². The Balaban J connectivity index is 1.98. The van der Waals surface area contributed by atoms with E-state index in [0.717, 1.165) is 31.7 Å². The van der Waals surface area contributed by atoms with Crippen LogP contribution in [0.1, 0.15) is 36.4 Å². The van der Waals surface area contributed by atoms with E-state index in [1.165, 1.54) is 16.8 Å². The highest BCUT2D eigenvalue weighted by Gasteiger charge is 2.11. The summed E-state index contributed by atoms with van der Waals surface area (Å²) in [5.41, 5.74) is 5.05. The maximum atomic E-state index is 4.68. The van der Waals surface area contributed by atoms with Gasteiger partial charge in [0.1, 0.15) is 0 Å². The third kappa shape index (κ3) is 4.39. The van der Waals surface area contributed by atoms with Crippen LogP contribution in [0.2, 0.25) is 0 Å². The van der Waals surface area contributed by atoms with E-state index in [0.29, 0.717) is 5.92 Å². The monoisotopic (exact) mass is 286 g/mol. The molecule has 2 aromatic rings. The van der Waals surface area contributed by atoms with Gasteiger partial charge in [0, 0.05) is 36.7 Å². The van der Waals surface area contributed by atoms with Crippen molar-refractivity contribution in [1.82, 2.24) is 20.1 Å². The van der Waals surface area contributed by atoms with Gasteiger partial charge in [0.2, 0.25) is 0 Å². The summed E-state index contributed by atoms with van der Waals surface area (Å²) in [7, 11) is 0. The van der Waals surface area contributed by atoms with Crippen molar-refractivity contribution in [3.8, 4) is 0 Å². The summed E-state index contributed by atoms with van der Waals surface area (Å²) < 4.78 is 2.13. The van der Waals surface area contributed by atoms with E-state index >= 15 is 0 Å². The lowest BCUT2D eigenvalue weighted by atomic mass is 10.1. The van der Waals surface area contributed by atoms with Gasteiger partial charge in [-0.3, -0.25) is 9.67 Å². The summed E-state index contributed by atoms with van der Waals surface area (Å²) in [6.45, 7) is 11.6. The fourth-order valence-electron chi connectivity index (χ4n) is 2.48. The molecule has 2 heterocycles. The highest BCUT2D eigenvalue weighted by molar-refractivity contribution is 5.24. The van der Waals surface area contributed by atoms with Crippen molar-refractivity contribution < 1.29 is 0 Å². The van der Waals surface area contributed by atoms with Crippen molar-refractivity contribution >= 4 is 0 Å². The van der Waals surface area contributed by atoms with Gasteiger partial charge in [0.15, 0.2) is 0 Å². The molecule has 2 rings (SSSR count). The molecule has 0 saturated carbocycles. The molecule has 0 saturated heterocycles. The summed E-state index contributed by atoms with van der Waals surface area (Å²) in [6, 6.07) is 4.13. The van der Waals surface area contributed by atoms with Crippen LogP contribution < -0.4 is 5.32 Å². The molecule has 0 spiro atoms. The van der Waals surface area contributed by atoms with E-state index in [9.17, 15) is 0 Å². The lowest BCUT2D eigenvalue weighted by Gasteiger charge is -2.08. The standard InChI is InChI=1S/C17H26N4/c1-13(2)11-19-12-17-14(3)20-21(15(17)4)10-7-16-5-8-18-9-6-16/h5-6,8-9,13,19H,7,10-12H2,1-4H3. The van der Waals surface area contributed by atoms with Crippen molar-refractivity contribution in [2.75, 3.05) is 6.54 Å². The van der Waals surface area contributed by atoms with Crippen molar-refractivity contribution in [2.24, 2.45) is 5.92 Å². The SMILES string of the molecule is Cc1nn(CCc2ccncc2)c(C)c1CNCC(C)C. The predicted molar refractivity (Wildman–Crippen MR) is 86.2 cm³/mol. The fourth-order valence-corrected chi connectivity index (χ4v) is 2.48. The molecule has 0 atom stereocenters. The van der Waals surface area contributed by atoms with E-state index in [1.54, 1.807) is 0 Å². The van der Waals surface area contributed by atoms with Crippen LogP contribution in [-0.4, -0.2) is 21.3 Å². The zero-order chi connectivity index (χ0) is 15.2. The molecule has 0 aliphatic heterocycles. The van der Waals surface area contributed by atoms with Crippen LogP contribution in [0, 0.1) is 19.8 Å². The molecular weight excluding hydrogens is 260 g/mol. The zero-order valence-electron chi connectivity index (χ0n) is 13.6. The van der Waals surface area contributed by atoms with Crippen molar-refractivity contribution in [1.29, 1.82) is 0 Å². The predicted octanol–water partition coefficient (Wildman–Crippen LogP) is 2.88. The summed E-state index contributed by atoms with van der Waals surface area (Å²) in [5, 5.41) is 8.19. The number of hydrogen-bond donors (Lipinski definition) is 1. The van der Waals surface area contributed by atoms with Gasteiger partial charge in [-0.2, -0.15) is 5.10 Å². The van der Waals surface area contributed by atoms with Crippen LogP contribution in [0.25, 0.3) is 0 Å². The normalized spacial score (nSPS) is 11.3. The first-order valence-corrected chi connectivity index (χ1v) is 7.70. The summed E-state index contributed by atoms with van der Waals surface area (Å²) in [4.78, 5) is 4.05. The van der Waals surface area contributed by atoms with Crippen molar-refractivity contribution in [3.05, 3.63) is 47.0 Å². The molecule has 0 amide bonds. The number of rotatable bonds is 7. The van der Waals surface area contributed by atoms with Gasteiger partial charge < -0.3 is 5.32 Å². The molecule has 114 valence electrons. The molecule has 0 aliphatic carbocycles. The second kappa shape index (κ2) is 7.36. The summed E-state index contributed by atoms with van der Waals surface area (Å²) >= 11 is 0.